The first-order valence-corrected chi connectivity index (χ1v) is 9.86. The van der Waals surface area contributed by atoms with Crippen LogP contribution in [0.15, 0.2) is 48.5 Å². The Labute approximate surface area is 157 Å². The second-order valence-corrected chi connectivity index (χ2v) is 7.93. The maximum absolute atomic E-state index is 11.9. The molecular weight excluding hydrogens is 344 g/mol. The van der Waals surface area contributed by atoms with Crippen molar-refractivity contribution >= 4 is 27.5 Å². The summed E-state index contributed by atoms with van der Waals surface area (Å²) in [5, 5.41) is 10.8. The summed E-state index contributed by atoms with van der Waals surface area (Å²) in [4.78, 5) is 19.0. The molecule has 1 aliphatic rings. The van der Waals surface area contributed by atoms with Gasteiger partial charge >= 0.3 is 5.97 Å². The van der Waals surface area contributed by atoms with Gasteiger partial charge in [0.05, 0.1) is 16.3 Å². The van der Waals surface area contributed by atoms with Gasteiger partial charge in [-0.2, -0.15) is 0 Å². The first-order chi connectivity index (χ1) is 12.6. The number of carboxylic acid groups (broad SMARTS) is 1. The van der Waals surface area contributed by atoms with E-state index in [1.54, 1.807) is 11.3 Å². The zero-order valence-electron chi connectivity index (χ0n) is 14.8. The topological polar surface area (TPSA) is 53.4 Å². The lowest BCUT2D eigenvalue weighted by Gasteiger charge is -2.38. The number of fused-ring (bicyclic) bond motifs is 1. The third-order valence-electron chi connectivity index (χ3n) is 5.19. The van der Waals surface area contributed by atoms with E-state index < -0.39 is 12.0 Å². The lowest BCUT2D eigenvalue weighted by Crippen LogP contribution is -2.47. The standard InChI is InChI=1S/C21H22N2O2S/c1-14-8-2-3-9-15(14)19(23-13-7-6-11-17(23)21(24)25)20-22-16-10-4-5-12-18(16)26-20/h2-5,8-10,12,17,19H,6-7,11,13H2,1H3,(H,24,25). The highest BCUT2D eigenvalue weighted by Gasteiger charge is 2.37. The molecule has 1 saturated heterocycles. The number of hydrogen-bond acceptors (Lipinski definition) is 4. The molecule has 0 saturated carbocycles. The van der Waals surface area contributed by atoms with Crippen molar-refractivity contribution in [2.24, 2.45) is 0 Å². The molecule has 0 aliphatic carbocycles. The van der Waals surface area contributed by atoms with E-state index in [2.05, 4.69) is 30.0 Å². The van der Waals surface area contributed by atoms with Crippen LogP contribution in [0.4, 0.5) is 0 Å². The summed E-state index contributed by atoms with van der Waals surface area (Å²) in [6.07, 6.45) is 2.69. The Bertz CT molecular complexity index is 903. The number of aryl methyl sites for hydroxylation is 1. The van der Waals surface area contributed by atoms with Gasteiger partial charge in [0, 0.05) is 6.54 Å². The predicted octanol–water partition coefficient (Wildman–Crippen LogP) is 4.63. The summed E-state index contributed by atoms with van der Waals surface area (Å²) in [6, 6.07) is 15.8. The number of benzene rings is 2. The van der Waals surface area contributed by atoms with E-state index in [1.807, 2.05) is 30.3 Å². The van der Waals surface area contributed by atoms with Gasteiger partial charge in [-0.3, -0.25) is 9.69 Å². The fourth-order valence-electron chi connectivity index (χ4n) is 3.88. The van der Waals surface area contributed by atoms with E-state index in [0.29, 0.717) is 6.42 Å². The molecule has 0 amide bonds. The normalized spacial score (nSPS) is 19.5. The molecule has 4 nitrogen and oxygen atoms in total. The minimum Gasteiger partial charge on any atom is -0.480 e. The zero-order valence-corrected chi connectivity index (χ0v) is 15.6. The SMILES string of the molecule is Cc1ccccc1C(c1nc2ccccc2s1)N1CCCCC1C(=O)O. The Morgan fingerprint density at radius 1 is 1.19 bits per heavy atom. The lowest BCUT2D eigenvalue weighted by atomic mass is 9.94. The number of carbonyl (C=O) groups is 1. The van der Waals surface area contributed by atoms with Crippen molar-refractivity contribution < 1.29 is 9.90 Å². The number of aliphatic carboxylic acids is 1. The first-order valence-electron chi connectivity index (χ1n) is 9.04. The molecule has 1 aliphatic heterocycles. The summed E-state index contributed by atoms with van der Waals surface area (Å²) in [5.41, 5.74) is 3.31. The van der Waals surface area contributed by atoms with Crippen molar-refractivity contribution in [2.75, 3.05) is 6.54 Å². The Kier molecular flexibility index (Phi) is 4.74. The number of piperidine rings is 1. The lowest BCUT2D eigenvalue weighted by molar-refractivity contribution is -0.145. The Morgan fingerprint density at radius 3 is 2.73 bits per heavy atom. The number of rotatable bonds is 4. The number of carboxylic acids is 1. The summed E-state index contributed by atoms with van der Waals surface area (Å²) in [6.45, 7) is 2.88. The third-order valence-corrected chi connectivity index (χ3v) is 6.28. The number of likely N-dealkylation sites (tertiary alicyclic amines) is 1. The summed E-state index contributed by atoms with van der Waals surface area (Å²) < 4.78 is 1.14. The van der Waals surface area contributed by atoms with Crippen molar-refractivity contribution in [3.05, 3.63) is 64.7 Å². The number of thiazole rings is 1. The predicted molar refractivity (Wildman–Crippen MR) is 105 cm³/mol. The molecule has 1 fully saturated rings. The van der Waals surface area contributed by atoms with Crippen LogP contribution >= 0.6 is 11.3 Å². The second kappa shape index (κ2) is 7.17. The average molecular weight is 366 g/mol. The van der Waals surface area contributed by atoms with Gasteiger partial charge in [-0.05, 0) is 43.0 Å². The highest BCUT2D eigenvalue weighted by Crippen LogP contribution is 2.38. The van der Waals surface area contributed by atoms with Gasteiger partial charge in [-0.25, -0.2) is 4.98 Å². The number of aromatic nitrogens is 1. The van der Waals surface area contributed by atoms with Gasteiger partial charge in [0.25, 0.3) is 0 Å². The average Bonchev–Trinajstić information content (AvgIpc) is 3.07. The highest BCUT2D eigenvalue weighted by atomic mass is 32.1. The van der Waals surface area contributed by atoms with E-state index in [0.717, 1.165) is 40.2 Å². The summed E-state index contributed by atoms with van der Waals surface area (Å²) >= 11 is 1.67. The Hall–Kier alpha value is -2.24. The van der Waals surface area contributed by atoms with E-state index in [4.69, 9.17) is 4.98 Å². The van der Waals surface area contributed by atoms with Gasteiger partial charge in [0.15, 0.2) is 0 Å². The van der Waals surface area contributed by atoms with Crippen LogP contribution in [0.2, 0.25) is 0 Å². The zero-order chi connectivity index (χ0) is 18.1. The fourth-order valence-corrected chi connectivity index (χ4v) is 4.99. The van der Waals surface area contributed by atoms with Crippen molar-refractivity contribution in [3.63, 3.8) is 0 Å². The van der Waals surface area contributed by atoms with E-state index >= 15 is 0 Å². The summed E-state index contributed by atoms with van der Waals surface area (Å²) in [7, 11) is 0. The molecule has 2 unspecified atom stereocenters. The molecule has 134 valence electrons. The molecule has 2 atom stereocenters. The maximum Gasteiger partial charge on any atom is 0.320 e. The minimum atomic E-state index is -0.732. The Balaban J connectivity index is 1.86. The van der Waals surface area contributed by atoms with Gasteiger partial charge in [0.2, 0.25) is 0 Å². The van der Waals surface area contributed by atoms with Crippen molar-refractivity contribution in [1.29, 1.82) is 0 Å². The van der Waals surface area contributed by atoms with Crippen LogP contribution in [0.3, 0.4) is 0 Å². The molecule has 5 heteroatoms. The van der Waals surface area contributed by atoms with Crippen LogP contribution in [0, 0.1) is 6.92 Å². The molecule has 2 aromatic carbocycles. The number of para-hydroxylation sites is 1. The molecule has 26 heavy (non-hydrogen) atoms. The van der Waals surface area contributed by atoms with Gasteiger partial charge in [-0.1, -0.05) is 42.8 Å². The number of hydrogen-bond donors (Lipinski definition) is 1. The Morgan fingerprint density at radius 2 is 1.96 bits per heavy atom. The van der Waals surface area contributed by atoms with Gasteiger partial charge in [-0.15, -0.1) is 11.3 Å². The van der Waals surface area contributed by atoms with Crippen molar-refractivity contribution in [3.8, 4) is 0 Å². The van der Waals surface area contributed by atoms with Crippen LogP contribution in [0.5, 0.6) is 0 Å². The monoisotopic (exact) mass is 366 g/mol. The fraction of sp³-hybridized carbons (Fsp3) is 0.333. The quantitative estimate of drug-likeness (QED) is 0.731. The maximum atomic E-state index is 11.9. The molecule has 1 N–H and O–H groups in total. The molecule has 0 spiro atoms. The van der Waals surface area contributed by atoms with Crippen LogP contribution in [-0.4, -0.2) is 33.5 Å². The molecular formula is C21H22N2O2S. The summed E-state index contributed by atoms with van der Waals surface area (Å²) in [5.74, 6) is -0.732. The van der Waals surface area contributed by atoms with E-state index in [9.17, 15) is 9.90 Å². The van der Waals surface area contributed by atoms with E-state index in [1.165, 1.54) is 5.56 Å². The smallest absolute Gasteiger partial charge is 0.320 e. The highest BCUT2D eigenvalue weighted by molar-refractivity contribution is 7.18. The van der Waals surface area contributed by atoms with Crippen LogP contribution in [-0.2, 0) is 4.79 Å². The van der Waals surface area contributed by atoms with Crippen LogP contribution in [0.25, 0.3) is 10.2 Å². The van der Waals surface area contributed by atoms with Crippen LogP contribution < -0.4 is 0 Å². The molecule has 2 heterocycles. The molecule has 0 radical (unpaired) electrons. The van der Waals surface area contributed by atoms with E-state index in [-0.39, 0.29) is 6.04 Å². The van der Waals surface area contributed by atoms with Crippen molar-refractivity contribution in [2.45, 2.75) is 38.3 Å². The van der Waals surface area contributed by atoms with Gasteiger partial charge < -0.3 is 5.11 Å². The first kappa shape index (κ1) is 17.2. The molecule has 1 aromatic heterocycles. The largest absolute Gasteiger partial charge is 0.480 e. The van der Waals surface area contributed by atoms with Crippen molar-refractivity contribution in [1.82, 2.24) is 9.88 Å². The van der Waals surface area contributed by atoms with Gasteiger partial charge in [0.1, 0.15) is 11.0 Å². The number of nitrogens with zero attached hydrogens (tertiary/aromatic N) is 2. The molecule has 0 bridgehead atoms. The molecule has 4 rings (SSSR count). The molecule has 3 aromatic rings. The van der Waals surface area contributed by atoms with Crippen LogP contribution in [0.1, 0.15) is 41.4 Å². The second-order valence-electron chi connectivity index (χ2n) is 6.87. The minimum absolute atomic E-state index is 0.116. The third kappa shape index (κ3) is 3.13.